The number of hydrogen-bond acceptors (Lipinski definition) is 2. The third-order valence-corrected chi connectivity index (χ3v) is 3.85. The van der Waals surface area contributed by atoms with Crippen molar-refractivity contribution in [1.82, 2.24) is 0 Å². The van der Waals surface area contributed by atoms with Crippen molar-refractivity contribution in [2.24, 2.45) is 5.73 Å². The highest BCUT2D eigenvalue weighted by Crippen LogP contribution is 2.33. The van der Waals surface area contributed by atoms with Gasteiger partial charge in [0.2, 0.25) is 0 Å². The van der Waals surface area contributed by atoms with E-state index < -0.39 is 0 Å². The van der Waals surface area contributed by atoms with Gasteiger partial charge < -0.3 is 10.6 Å². The summed E-state index contributed by atoms with van der Waals surface area (Å²) in [6.07, 6.45) is 3.38. The van der Waals surface area contributed by atoms with E-state index in [1.165, 1.54) is 23.7 Å². The Balaban J connectivity index is 2.07. The van der Waals surface area contributed by atoms with Crippen molar-refractivity contribution >= 4 is 11.4 Å². The molecule has 104 valence electrons. The molecule has 0 atom stereocenters. The van der Waals surface area contributed by atoms with Gasteiger partial charge in [0.1, 0.15) is 5.82 Å². The van der Waals surface area contributed by atoms with Crippen LogP contribution < -0.4 is 10.6 Å². The van der Waals surface area contributed by atoms with Crippen molar-refractivity contribution in [3.63, 3.8) is 0 Å². The Bertz CT molecular complexity index is 610. The van der Waals surface area contributed by atoms with E-state index in [4.69, 9.17) is 5.73 Å². The normalized spacial score (nSPS) is 14.8. The minimum atomic E-state index is -0.218. The predicted octanol–water partition coefficient (Wildman–Crippen LogP) is 3.76. The number of nitrogens with two attached hydrogens (primary N) is 1. The lowest BCUT2D eigenvalue weighted by Crippen LogP contribution is -2.18. The van der Waals surface area contributed by atoms with Crippen LogP contribution in [0.1, 0.15) is 24.0 Å². The molecule has 1 aliphatic heterocycles. The Morgan fingerprint density at radius 1 is 1.10 bits per heavy atom. The molecule has 2 nitrogen and oxygen atoms in total. The highest BCUT2D eigenvalue weighted by atomic mass is 19.1. The number of nitrogens with zero attached hydrogens (tertiary/aromatic N) is 1. The van der Waals surface area contributed by atoms with Gasteiger partial charge in [-0.2, -0.15) is 0 Å². The van der Waals surface area contributed by atoms with E-state index in [1.54, 1.807) is 6.07 Å². The van der Waals surface area contributed by atoms with E-state index in [1.807, 2.05) is 12.1 Å². The summed E-state index contributed by atoms with van der Waals surface area (Å²) >= 11 is 0. The highest BCUT2D eigenvalue weighted by molar-refractivity contribution is 5.67. The second-order valence-corrected chi connectivity index (χ2v) is 5.26. The quantitative estimate of drug-likeness (QED) is 0.900. The molecule has 0 bridgehead atoms. The van der Waals surface area contributed by atoms with Gasteiger partial charge in [-0.15, -0.1) is 0 Å². The molecule has 2 aromatic rings. The minimum absolute atomic E-state index is 0.218. The number of hydrogen-bond donors (Lipinski definition) is 1. The second kappa shape index (κ2) is 5.63. The molecule has 1 aliphatic rings. The van der Waals surface area contributed by atoms with Crippen LogP contribution in [0.25, 0.3) is 0 Å². The van der Waals surface area contributed by atoms with Crippen molar-refractivity contribution in [1.29, 1.82) is 0 Å². The smallest absolute Gasteiger partial charge is 0.125 e. The SMILES string of the molecule is NCc1cc(F)cc(N2CCCCc3ccccc32)c1. The molecule has 2 aromatic carbocycles. The van der Waals surface area contributed by atoms with Crippen LogP contribution in [0.3, 0.4) is 0 Å². The molecule has 0 spiro atoms. The van der Waals surface area contributed by atoms with E-state index in [9.17, 15) is 4.39 Å². The molecule has 0 amide bonds. The van der Waals surface area contributed by atoms with Gasteiger partial charge in [-0.3, -0.25) is 0 Å². The zero-order chi connectivity index (χ0) is 13.9. The summed E-state index contributed by atoms with van der Waals surface area (Å²) < 4.78 is 13.8. The first-order valence-electron chi connectivity index (χ1n) is 7.13. The Morgan fingerprint density at radius 2 is 1.95 bits per heavy atom. The molecule has 1 heterocycles. The second-order valence-electron chi connectivity index (χ2n) is 5.26. The third-order valence-electron chi connectivity index (χ3n) is 3.85. The van der Waals surface area contributed by atoms with E-state index >= 15 is 0 Å². The standard InChI is InChI=1S/C17H19FN2/c18-15-9-13(12-19)10-16(11-15)20-8-4-3-6-14-5-1-2-7-17(14)20/h1-2,5,7,9-11H,3-4,6,8,12,19H2. The van der Waals surface area contributed by atoms with Gasteiger partial charge in [0.25, 0.3) is 0 Å². The lowest BCUT2D eigenvalue weighted by Gasteiger charge is -2.25. The van der Waals surface area contributed by atoms with Crippen LogP contribution in [0.4, 0.5) is 15.8 Å². The summed E-state index contributed by atoms with van der Waals surface area (Å²) in [6, 6.07) is 13.5. The maximum absolute atomic E-state index is 13.8. The zero-order valence-corrected chi connectivity index (χ0v) is 11.5. The van der Waals surface area contributed by atoms with Crippen molar-refractivity contribution in [3.8, 4) is 0 Å². The van der Waals surface area contributed by atoms with Gasteiger partial charge in [0.15, 0.2) is 0 Å². The average molecular weight is 270 g/mol. The molecule has 0 unspecified atom stereocenters. The van der Waals surface area contributed by atoms with Crippen LogP contribution in [-0.2, 0) is 13.0 Å². The Kier molecular flexibility index (Phi) is 3.70. The maximum Gasteiger partial charge on any atom is 0.125 e. The fourth-order valence-corrected chi connectivity index (χ4v) is 2.87. The number of fused-ring (bicyclic) bond motifs is 1. The van der Waals surface area contributed by atoms with E-state index in [2.05, 4.69) is 23.1 Å². The summed E-state index contributed by atoms with van der Waals surface area (Å²) in [4.78, 5) is 2.21. The molecule has 3 heteroatoms. The Hall–Kier alpha value is -1.87. The largest absolute Gasteiger partial charge is 0.341 e. The predicted molar refractivity (Wildman–Crippen MR) is 80.7 cm³/mol. The van der Waals surface area contributed by atoms with Crippen molar-refractivity contribution in [2.45, 2.75) is 25.8 Å². The molecule has 0 saturated carbocycles. The molecular formula is C17H19FN2. The fourth-order valence-electron chi connectivity index (χ4n) is 2.87. The average Bonchev–Trinajstić information content (AvgIpc) is 2.69. The van der Waals surface area contributed by atoms with Gasteiger partial charge in [-0.1, -0.05) is 18.2 Å². The molecular weight excluding hydrogens is 251 g/mol. The van der Waals surface area contributed by atoms with Crippen molar-refractivity contribution < 1.29 is 4.39 Å². The van der Waals surface area contributed by atoms with E-state index in [0.29, 0.717) is 6.54 Å². The Morgan fingerprint density at radius 3 is 2.80 bits per heavy atom. The lowest BCUT2D eigenvalue weighted by molar-refractivity contribution is 0.625. The van der Waals surface area contributed by atoms with Crippen LogP contribution in [0.5, 0.6) is 0 Å². The maximum atomic E-state index is 13.8. The summed E-state index contributed by atoms with van der Waals surface area (Å²) in [7, 11) is 0. The minimum Gasteiger partial charge on any atom is -0.341 e. The number of halogens is 1. The number of aryl methyl sites for hydroxylation is 1. The number of rotatable bonds is 2. The van der Waals surface area contributed by atoms with Crippen LogP contribution in [0, 0.1) is 5.82 Å². The molecule has 2 N–H and O–H groups in total. The zero-order valence-electron chi connectivity index (χ0n) is 11.5. The first-order valence-corrected chi connectivity index (χ1v) is 7.13. The number of benzene rings is 2. The molecule has 0 saturated heterocycles. The molecule has 3 rings (SSSR count). The topological polar surface area (TPSA) is 29.3 Å². The van der Waals surface area contributed by atoms with Crippen LogP contribution >= 0.6 is 0 Å². The van der Waals surface area contributed by atoms with Crippen molar-refractivity contribution in [2.75, 3.05) is 11.4 Å². The first-order chi connectivity index (χ1) is 9.78. The highest BCUT2D eigenvalue weighted by Gasteiger charge is 2.17. The fraction of sp³-hybridized carbons (Fsp3) is 0.294. The van der Waals surface area contributed by atoms with Gasteiger partial charge in [0.05, 0.1) is 0 Å². The summed E-state index contributed by atoms with van der Waals surface area (Å²) in [5.74, 6) is -0.218. The van der Waals surface area contributed by atoms with Crippen molar-refractivity contribution in [3.05, 3.63) is 59.4 Å². The molecule has 0 fully saturated rings. The lowest BCUT2D eigenvalue weighted by atomic mass is 10.1. The van der Waals surface area contributed by atoms with Gasteiger partial charge >= 0.3 is 0 Å². The molecule has 0 aliphatic carbocycles. The number of para-hydroxylation sites is 1. The first kappa shape index (κ1) is 13.1. The van der Waals surface area contributed by atoms with Gasteiger partial charge in [0, 0.05) is 24.5 Å². The third kappa shape index (κ3) is 2.54. The number of anilines is 2. The van der Waals surface area contributed by atoms with Gasteiger partial charge in [-0.05, 0) is 54.7 Å². The molecule has 0 aromatic heterocycles. The van der Waals surface area contributed by atoms with E-state index in [-0.39, 0.29) is 5.82 Å². The van der Waals surface area contributed by atoms with E-state index in [0.717, 1.165) is 30.6 Å². The summed E-state index contributed by atoms with van der Waals surface area (Å²) in [6.45, 7) is 1.28. The van der Waals surface area contributed by atoms with Crippen LogP contribution in [0.15, 0.2) is 42.5 Å². The van der Waals surface area contributed by atoms with Crippen LogP contribution in [-0.4, -0.2) is 6.54 Å². The summed E-state index contributed by atoms with van der Waals surface area (Å²) in [5.41, 5.74) is 9.92. The van der Waals surface area contributed by atoms with Crippen LogP contribution in [0.2, 0.25) is 0 Å². The Labute approximate surface area is 119 Å². The van der Waals surface area contributed by atoms with Gasteiger partial charge in [-0.25, -0.2) is 4.39 Å². The molecule has 20 heavy (non-hydrogen) atoms. The monoisotopic (exact) mass is 270 g/mol. The molecule has 0 radical (unpaired) electrons. The summed E-state index contributed by atoms with van der Waals surface area (Å²) in [5, 5.41) is 0.